The Morgan fingerprint density at radius 2 is 2.05 bits per heavy atom. The van der Waals surface area contributed by atoms with Crippen LogP contribution in [-0.4, -0.2) is 23.8 Å². The van der Waals surface area contributed by atoms with Gasteiger partial charge in [-0.05, 0) is 47.0 Å². The van der Waals surface area contributed by atoms with Crippen LogP contribution in [0, 0.1) is 19.8 Å². The van der Waals surface area contributed by atoms with Crippen molar-refractivity contribution in [2.75, 3.05) is 11.9 Å². The number of hydrogen-bond acceptors (Lipinski definition) is 3. The molecule has 0 aliphatic carbocycles. The number of anilines is 1. The first kappa shape index (κ1) is 16.6. The Bertz CT molecular complexity index is 494. The van der Waals surface area contributed by atoms with Crippen molar-refractivity contribution in [2.45, 2.75) is 20.0 Å². The number of benzene rings is 1. The molecule has 0 fully saturated rings. The highest BCUT2D eigenvalue weighted by Crippen LogP contribution is 2.31. The SMILES string of the molecule is Cc1cc(C)c(NCC(/C(N)=N/O)C(F)(F)F)c(Br)c1. The molecule has 0 radical (unpaired) electrons. The lowest BCUT2D eigenvalue weighted by Gasteiger charge is -2.21. The Kier molecular flexibility index (Phi) is 5.27. The van der Waals surface area contributed by atoms with Crippen molar-refractivity contribution in [1.82, 2.24) is 0 Å². The number of aryl methyl sites for hydroxylation is 2. The summed E-state index contributed by atoms with van der Waals surface area (Å²) in [6, 6.07) is 3.64. The van der Waals surface area contributed by atoms with Gasteiger partial charge in [0.2, 0.25) is 0 Å². The van der Waals surface area contributed by atoms with Crippen molar-refractivity contribution in [3.63, 3.8) is 0 Å². The van der Waals surface area contributed by atoms with Crippen LogP contribution >= 0.6 is 15.9 Å². The first-order valence-electron chi connectivity index (χ1n) is 5.71. The Morgan fingerprint density at radius 3 is 2.50 bits per heavy atom. The molecule has 0 saturated carbocycles. The second-order valence-corrected chi connectivity index (χ2v) is 5.29. The van der Waals surface area contributed by atoms with Gasteiger partial charge in [0.05, 0.1) is 5.69 Å². The summed E-state index contributed by atoms with van der Waals surface area (Å²) in [5.41, 5.74) is 7.44. The van der Waals surface area contributed by atoms with E-state index in [9.17, 15) is 13.2 Å². The minimum absolute atomic E-state index is 0.512. The van der Waals surface area contributed by atoms with Crippen molar-refractivity contribution >= 4 is 27.5 Å². The van der Waals surface area contributed by atoms with Crippen LogP contribution in [0.5, 0.6) is 0 Å². The molecule has 8 heteroatoms. The van der Waals surface area contributed by atoms with Crippen LogP contribution in [0.4, 0.5) is 18.9 Å². The summed E-state index contributed by atoms with van der Waals surface area (Å²) in [5, 5.41) is 13.6. The predicted octanol–water partition coefficient (Wildman–Crippen LogP) is 3.40. The molecule has 0 bridgehead atoms. The van der Waals surface area contributed by atoms with Crippen molar-refractivity contribution < 1.29 is 18.4 Å². The van der Waals surface area contributed by atoms with E-state index in [2.05, 4.69) is 26.4 Å². The maximum Gasteiger partial charge on any atom is 0.400 e. The smallest absolute Gasteiger partial charge is 0.400 e. The molecule has 1 aromatic carbocycles. The molecule has 1 aromatic rings. The normalized spacial score (nSPS) is 14.2. The quantitative estimate of drug-likeness (QED) is 0.336. The minimum atomic E-state index is -4.59. The van der Waals surface area contributed by atoms with Gasteiger partial charge in [0, 0.05) is 11.0 Å². The summed E-state index contributed by atoms with van der Waals surface area (Å²) < 4.78 is 39.1. The minimum Gasteiger partial charge on any atom is -0.409 e. The molecule has 0 saturated heterocycles. The molecule has 4 N–H and O–H groups in total. The highest BCUT2D eigenvalue weighted by molar-refractivity contribution is 9.10. The van der Waals surface area contributed by atoms with Crippen LogP contribution in [0.15, 0.2) is 21.8 Å². The molecule has 1 atom stereocenters. The van der Waals surface area contributed by atoms with E-state index in [1.165, 1.54) is 0 Å². The number of nitrogens with one attached hydrogen (secondary N) is 1. The van der Waals surface area contributed by atoms with E-state index in [0.717, 1.165) is 11.1 Å². The Balaban J connectivity index is 2.95. The second-order valence-electron chi connectivity index (χ2n) is 4.44. The number of nitrogens with two attached hydrogens (primary N) is 1. The predicted molar refractivity (Wildman–Crippen MR) is 75.1 cm³/mol. The fourth-order valence-electron chi connectivity index (χ4n) is 1.80. The number of amidine groups is 1. The molecule has 112 valence electrons. The van der Waals surface area contributed by atoms with Gasteiger partial charge in [-0.3, -0.25) is 0 Å². The highest BCUT2D eigenvalue weighted by Gasteiger charge is 2.42. The zero-order chi connectivity index (χ0) is 15.5. The van der Waals surface area contributed by atoms with E-state index in [4.69, 9.17) is 10.9 Å². The topological polar surface area (TPSA) is 70.6 Å². The number of hydrogen-bond donors (Lipinski definition) is 3. The van der Waals surface area contributed by atoms with Gasteiger partial charge in [-0.25, -0.2) is 0 Å². The van der Waals surface area contributed by atoms with Crippen molar-refractivity contribution in [3.05, 3.63) is 27.7 Å². The Labute approximate surface area is 123 Å². The van der Waals surface area contributed by atoms with Crippen LogP contribution in [0.25, 0.3) is 0 Å². The third-order valence-electron chi connectivity index (χ3n) is 2.78. The number of nitrogens with zero attached hydrogens (tertiary/aromatic N) is 1. The van der Waals surface area contributed by atoms with Gasteiger partial charge in [-0.15, -0.1) is 0 Å². The van der Waals surface area contributed by atoms with E-state index >= 15 is 0 Å². The Morgan fingerprint density at radius 1 is 1.45 bits per heavy atom. The molecule has 20 heavy (non-hydrogen) atoms. The van der Waals surface area contributed by atoms with Crippen molar-refractivity contribution in [2.24, 2.45) is 16.8 Å². The molecular formula is C12H15BrF3N3O. The van der Waals surface area contributed by atoms with Gasteiger partial charge in [0.15, 0.2) is 5.84 Å². The van der Waals surface area contributed by atoms with E-state index < -0.39 is 24.5 Å². The average Bonchev–Trinajstić information content (AvgIpc) is 2.30. The molecule has 1 unspecified atom stereocenters. The Hall–Kier alpha value is -1.44. The van der Waals surface area contributed by atoms with Crippen LogP contribution < -0.4 is 11.1 Å². The van der Waals surface area contributed by atoms with Gasteiger partial charge in [0.25, 0.3) is 0 Å². The highest BCUT2D eigenvalue weighted by atomic mass is 79.9. The van der Waals surface area contributed by atoms with Crippen molar-refractivity contribution in [3.8, 4) is 0 Å². The molecule has 0 aliphatic heterocycles. The second kappa shape index (κ2) is 6.34. The van der Waals surface area contributed by atoms with E-state index in [1.54, 1.807) is 13.0 Å². The molecule has 0 spiro atoms. The largest absolute Gasteiger partial charge is 0.409 e. The molecule has 0 aliphatic rings. The maximum atomic E-state index is 12.8. The van der Waals surface area contributed by atoms with Crippen molar-refractivity contribution in [1.29, 1.82) is 0 Å². The van der Waals surface area contributed by atoms with Gasteiger partial charge in [-0.2, -0.15) is 13.2 Å². The fourth-order valence-corrected chi connectivity index (χ4v) is 2.62. The van der Waals surface area contributed by atoms with Gasteiger partial charge < -0.3 is 16.3 Å². The summed E-state index contributed by atoms with van der Waals surface area (Å²) in [6.07, 6.45) is -4.59. The third kappa shape index (κ3) is 4.03. The lowest BCUT2D eigenvalue weighted by molar-refractivity contribution is -0.152. The number of oxime groups is 1. The lowest BCUT2D eigenvalue weighted by atomic mass is 10.1. The van der Waals surface area contributed by atoms with E-state index in [-0.39, 0.29) is 0 Å². The lowest BCUT2D eigenvalue weighted by Crippen LogP contribution is -2.40. The van der Waals surface area contributed by atoms with Gasteiger partial charge in [0.1, 0.15) is 5.92 Å². The maximum absolute atomic E-state index is 12.8. The summed E-state index contributed by atoms with van der Waals surface area (Å²) in [7, 11) is 0. The molecule has 1 rings (SSSR count). The van der Waals surface area contributed by atoms with E-state index in [0.29, 0.717) is 10.2 Å². The molecule has 4 nitrogen and oxygen atoms in total. The van der Waals surface area contributed by atoms with Crippen LogP contribution in [0.1, 0.15) is 11.1 Å². The molecular weight excluding hydrogens is 339 g/mol. The van der Waals surface area contributed by atoms with Gasteiger partial charge in [-0.1, -0.05) is 11.2 Å². The first-order valence-corrected chi connectivity index (χ1v) is 6.51. The number of halogens is 4. The van der Waals surface area contributed by atoms with Gasteiger partial charge >= 0.3 is 6.18 Å². The van der Waals surface area contributed by atoms with Crippen LogP contribution in [0.2, 0.25) is 0 Å². The molecule has 0 amide bonds. The standard InChI is InChI=1S/C12H15BrF3N3O/c1-6-3-7(2)10(9(13)4-6)18-5-8(11(17)19-20)12(14,15)16/h3-4,8,18,20H,5H2,1-2H3,(H2,17,19). The molecule has 0 aromatic heterocycles. The zero-order valence-corrected chi connectivity index (χ0v) is 12.5. The third-order valence-corrected chi connectivity index (χ3v) is 3.41. The number of alkyl halides is 3. The van der Waals surface area contributed by atoms with Crippen LogP contribution in [0.3, 0.4) is 0 Å². The summed E-state index contributed by atoms with van der Waals surface area (Å²) >= 11 is 3.30. The fraction of sp³-hybridized carbons (Fsp3) is 0.417. The zero-order valence-electron chi connectivity index (χ0n) is 10.9. The summed E-state index contributed by atoms with van der Waals surface area (Å²) in [4.78, 5) is 0. The number of rotatable bonds is 4. The monoisotopic (exact) mass is 353 g/mol. The summed E-state index contributed by atoms with van der Waals surface area (Å²) in [6.45, 7) is 3.16. The van der Waals surface area contributed by atoms with E-state index in [1.807, 2.05) is 13.0 Å². The average molecular weight is 354 g/mol. The summed E-state index contributed by atoms with van der Waals surface area (Å²) in [5.74, 6) is -2.93. The van der Waals surface area contributed by atoms with Crippen LogP contribution in [-0.2, 0) is 0 Å². The molecule has 0 heterocycles. The first-order chi connectivity index (χ1) is 9.16.